The molecule has 0 saturated carbocycles. The van der Waals surface area contributed by atoms with Gasteiger partial charge in [-0.25, -0.2) is 0 Å². The van der Waals surface area contributed by atoms with E-state index in [1.807, 2.05) is 18.2 Å². The van der Waals surface area contributed by atoms with Crippen LogP contribution >= 0.6 is 23.2 Å². The fraction of sp³-hybridized carbons (Fsp3) is 0. The van der Waals surface area contributed by atoms with Crippen LogP contribution in [-0.2, 0) is 0 Å². The summed E-state index contributed by atoms with van der Waals surface area (Å²) in [5.41, 5.74) is 1.90. The Balaban J connectivity index is 1.87. The summed E-state index contributed by atoms with van der Waals surface area (Å²) in [6.07, 6.45) is 1.70. The van der Waals surface area contributed by atoms with Crippen LogP contribution in [0.3, 0.4) is 0 Å². The smallest absolute Gasteiger partial charge is 0.255 e. The lowest BCUT2D eigenvalue weighted by molar-refractivity contribution is 0.102. The number of fused-ring (bicyclic) bond motifs is 1. The molecule has 0 aliphatic rings. The van der Waals surface area contributed by atoms with Crippen LogP contribution in [0, 0.1) is 0 Å². The number of hydrogen-bond acceptors (Lipinski definition) is 2. The number of aromatic nitrogens is 1. The molecule has 2 aromatic carbocycles. The summed E-state index contributed by atoms with van der Waals surface area (Å²) >= 11 is 11.8. The molecule has 0 radical (unpaired) electrons. The summed E-state index contributed by atoms with van der Waals surface area (Å²) in [6, 6.07) is 14.1. The van der Waals surface area contributed by atoms with Crippen LogP contribution < -0.4 is 5.32 Å². The number of pyridine rings is 1. The molecule has 3 aromatic rings. The molecule has 0 aliphatic heterocycles. The fourth-order valence-electron chi connectivity index (χ4n) is 1.98. The molecule has 1 aromatic heterocycles. The van der Waals surface area contributed by atoms with E-state index in [9.17, 15) is 4.79 Å². The number of hydrogen-bond donors (Lipinski definition) is 1. The summed E-state index contributed by atoms with van der Waals surface area (Å²) in [4.78, 5) is 16.5. The lowest BCUT2D eigenvalue weighted by Crippen LogP contribution is -2.11. The van der Waals surface area contributed by atoms with Crippen LogP contribution in [0.5, 0.6) is 0 Å². The average molecular weight is 317 g/mol. The quantitative estimate of drug-likeness (QED) is 0.738. The van der Waals surface area contributed by atoms with Crippen LogP contribution in [0.4, 0.5) is 5.69 Å². The molecule has 0 spiro atoms. The summed E-state index contributed by atoms with van der Waals surface area (Å²) in [6.45, 7) is 0. The van der Waals surface area contributed by atoms with Crippen molar-refractivity contribution in [2.75, 3.05) is 5.32 Å². The molecule has 1 N–H and O–H groups in total. The van der Waals surface area contributed by atoms with Gasteiger partial charge in [0, 0.05) is 22.8 Å². The van der Waals surface area contributed by atoms with Crippen molar-refractivity contribution in [3.8, 4) is 0 Å². The van der Waals surface area contributed by atoms with Gasteiger partial charge in [-0.2, -0.15) is 0 Å². The molecule has 21 heavy (non-hydrogen) atoms. The van der Waals surface area contributed by atoms with Crippen LogP contribution in [0.25, 0.3) is 10.9 Å². The molecule has 0 bridgehead atoms. The molecular weight excluding hydrogens is 307 g/mol. The Kier molecular flexibility index (Phi) is 3.78. The van der Waals surface area contributed by atoms with Gasteiger partial charge in [0.05, 0.1) is 15.6 Å². The zero-order valence-electron chi connectivity index (χ0n) is 10.8. The fourth-order valence-corrected chi connectivity index (χ4v) is 2.28. The third-order valence-corrected chi connectivity index (χ3v) is 3.78. The normalized spacial score (nSPS) is 10.6. The molecule has 0 unspecified atom stereocenters. The molecule has 0 saturated heterocycles. The van der Waals surface area contributed by atoms with Crippen molar-refractivity contribution in [1.29, 1.82) is 0 Å². The van der Waals surface area contributed by atoms with Gasteiger partial charge in [0.1, 0.15) is 0 Å². The molecule has 0 atom stereocenters. The van der Waals surface area contributed by atoms with Crippen molar-refractivity contribution in [2.24, 2.45) is 0 Å². The topological polar surface area (TPSA) is 42.0 Å². The van der Waals surface area contributed by atoms with E-state index in [0.717, 1.165) is 10.9 Å². The van der Waals surface area contributed by atoms with E-state index in [0.29, 0.717) is 21.3 Å². The van der Waals surface area contributed by atoms with Gasteiger partial charge < -0.3 is 5.32 Å². The van der Waals surface area contributed by atoms with E-state index in [4.69, 9.17) is 23.2 Å². The minimum absolute atomic E-state index is 0.221. The standard InChI is InChI=1S/C16H10Cl2N2O/c17-13-6-5-12(9-14(13)18)20-16(21)11-4-3-10-2-1-7-19-15(10)8-11/h1-9H,(H,20,21). The average Bonchev–Trinajstić information content (AvgIpc) is 2.50. The van der Waals surface area contributed by atoms with Crippen LogP contribution in [0.2, 0.25) is 10.0 Å². The molecular formula is C16H10Cl2N2O. The highest BCUT2D eigenvalue weighted by molar-refractivity contribution is 6.42. The maximum absolute atomic E-state index is 12.2. The predicted molar refractivity (Wildman–Crippen MR) is 86.2 cm³/mol. The van der Waals surface area contributed by atoms with Gasteiger partial charge in [-0.15, -0.1) is 0 Å². The van der Waals surface area contributed by atoms with E-state index in [1.165, 1.54) is 0 Å². The monoisotopic (exact) mass is 316 g/mol. The Bertz CT molecular complexity index is 833. The first-order valence-corrected chi connectivity index (χ1v) is 7.00. The lowest BCUT2D eigenvalue weighted by atomic mass is 10.1. The lowest BCUT2D eigenvalue weighted by Gasteiger charge is -2.07. The second-order valence-electron chi connectivity index (χ2n) is 4.49. The third-order valence-electron chi connectivity index (χ3n) is 3.05. The van der Waals surface area contributed by atoms with Crippen molar-refractivity contribution in [3.05, 3.63) is 70.3 Å². The Morgan fingerprint density at radius 1 is 1.00 bits per heavy atom. The second kappa shape index (κ2) is 5.72. The number of halogens is 2. The maximum Gasteiger partial charge on any atom is 0.255 e. The summed E-state index contributed by atoms with van der Waals surface area (Å²) in [5, 5.41) is 4.62. The zero-order chi connectivity index (χ0) is 14.8. The first-order chi connectivity index (χ1) is 10.1. The SMILES string of the molecule is O=C(Nc1ccc(Cl)c(Cl)c1)c1ccc2cccnc2c1. The summed E-state index contributed by atoms with van der Waals surface area (Å²) in [5.74, 6) is -0.221. The van der Waals surface area contributed by atoms with Gasteiger partial charge in [-0.1, -0.05) is 35.3 Å². The largest absolute Gasteiger partial charge is 0.322 e. The van der Waals surface area contributed by atoms with Crippen molar-refractivity contribution in [2.45, 2.75) is 0 Å². The third kappa shape index (κ3) is 2.99. The van der Waals surface area contributed by atoms with Crippen LogP contribution in [-0.4, -0.2) is 10.9 Å². The minimum Gasteiger partial charge on any atom is -0.322 e. The minimum atomic E-state index is -0.221. The highest BCUT2D eigenvalue weighted by Crippen LogP contribution is 2.25. The Morgan fingerprint density at radius 3 is 2.67 bits per heavy atom. The van der Waals surface area contributed by atoms with Crippen LogP contribution in [0.1, 0.15) is 10.4 Å². The van der Waals surface area contributed by atoms with Crippen molar-refractivity contribution < 1.29 is 4.79 Å². The molecule has 3 nitrogen and oxygen atoms in total. The number of nitrogens with zero attached hydrogens (tertiary/aromatic N) is 1. The number of benzene rings is 2. The number of rotatable bonds is 2. The van der Waals surface area contributed by atoms with Gasteiger partial charge in [0.2, 0.25) is 0 Å². The van der Waals surface area contributed by atoms with Gasteiger partial charge >= 0.3 is 0 Å². The Hall–Kier alpha value is -2.10. The van der Waals surface area contributed by atoms with Gasteiger partial charge in [0.25, 0.3) is 5.91 Å². The van der Waals surface area contributed by atoms with E-state index < -0.39 is 0 Å². The second-order valence-corrected chi connectivity index (χ2v) is 5.31. The first-order valence-electron chi connectivity index (χ1n) is 6.25. The van der Waals surface area contributed by atoms with Gasteiger partial charge in [-0.05, 0) is 36.4 Å². The van der Waals surface area contributed by atoms with Crippen molar-refractivity contribution in [1.82, 2.24) is 4.98 Å². The van der Waals surface area contributed by atoms with E-state index in [-0.39, 0.29) is 5.91 Å². The molecule has 1 amide bonds. The highest BCUT2D eigenvalue weighted by Gasteiger charge is 2.08. The number of anilines is 1. The number of carbonyl (C=O) groups is 1. The molecule has 1 heterocycles. The number of nitrogens with one attached hydrogen (secondary N) is 1. The molecule has 5 heteroatoms. The van der Waals surface area contributed by atoms with Crippen molar-refractivity contribution >= 4 is 45.7 Å². The van der Waals surface area contributed by atoms with Gasteiger partial charge in [-0.3, -0.25) is 9.78 Å². The van der Waals surface area contributed by atoms with E-state index >= 15 is 0 Å². The zero-order valence-corrected chi connectivity index (χ0v) is 12.3. The predicted octanol–water partition coefficient (Wildman–Crippen LogP) is 4.79. The summed E-state index contributed by atoms with van der Waals surface area (Å²) < 4.78 is 0. The van der Waals surface area contributed by atoms with Crippen LogP contribution in [0.15, 0.2) is 54.7 Å². The number of carbonyl (C=O) groups excluding carboxylic acids is 1. The Morgan fingerprint density at radius 2 is 1.86 bits per heavy atom. The highest BCUT2D eigenvalue weighted by atomic mass is 35.5. The maximum atomic E-state index is 12.2. The first kappa shape index (κ1) is 13.9. The number of amides is 1. The molecule has 3 rings (SSSR count). The van der Waals surface area contributed by atoms with Gasteiger partial charge in [0.15, 0.2) is 0 Å². The molecule has 0 fully saturated rings. The molecule has 0 aliphatic carbocycles. The Labute approximate surface area is 131 Å². The van der Waals surface area contributed by atoms with E-state index in [1.54, 1.807) is 36.5 Å². The molecule has 104 valence electrons. The van der Waals surface area contributed by atoms with Crippen molar-refractivity contribution in [3.63, 3.8) is 0 Å². The summed E-state index contributed by atoms with van der Waals surface area (Å²) in [7, 11) is 0. The van der Waals surface area contributed by atoms with E-state index in [2.05, 4.69) is 10.3 Å².